The van der Waals surface area contributed by atoms with E-state index >= 15 is 0 Å². The number of carboxylic acid groups (broad SMARTS) is 1. The van der Waals surface area contributed by atoms with Crippen molar-refractivity contribution in [2.24, 2.45) is 0 Å². The van der Waals surface area contributed by atoms with Gasteiger partial charge < -0.3 is 19.6 Å². The van der Waals surface area contributed by atoms with Crippen LogP contribution in [0.2, 0.25) is 0 Å². The summed E-state index contributed by atoms with van der Waals surface area (Å²) in [5.41, 5.74) is 2.82. The summed E-state index contributed by atoms with van der Waals surface area (Å²) < 4.78 is 11.5. The summed E-state index contributed by atoms with van der Waals surface area (Å²) >= 11 is 0. The van der Waals surface area contributed by atoms with Crippen molar-refractivity contribution in [1.29, 1.82) is 0 Å². The molecule has 0 fully saturated rings. The number of nitrogens with one attached hydrogen (secondary N) is 1. The molecule has 0 saturated heterocycles. The predicted molar refractivity (Wildman–Crippen MR) is 113 cm³/mol. The first kappa shape index (κ1) is 19.4. The van der Waals surface area contributed by atoms with Gasteiger partial charge in [0.1, 0.15) is 17.1 Å². The average Bonchev–Trinajstić information content (AvgIpc) is 2.75. The summed E-state index contributed by atoms with van der Waals surface area (Å²) in [7, 11) is 1.61. The van der Waals surface area contributed by atoms with Gasteiger partial charge in [0, 0.05) is 16.8 Å². The van der Waals surface area contributed by atoms with E-state index in [4.69, 9.17) is 14.3 Å². The summed E-state index contributed by atoms with van der Waals surface area (Å²) in [5, 5.41) is 11.3. The molecule has 1 aliphatic rings. The van der Waals surface area contributed by atoms with E-state index in [0.29, 0.717) is 28.7 Å². The van der Waals surface area contributed by atoms with E-state index in [9.17, 15) is 14.4 Å². The maximum Gasteiger partial charge on any atom is 0.394 e. The van der Waals surface area contributed by atoms with Crippen LogP contribution in [0.5, 0.6) is 5.75 Å². The highest BCUT2D eigenvalue weighted by Gasteiger charge is 2.22. The number of carboxylic acids is 1. The van der Waals surface area contributed by atoms with Crippen molar-refractivity contribution in [3.05, 3.63) is 69.6 Å². The number of allylic oxidation sites excluding steroid dienone is 1. The van der Waals surface area contributed by atoms with E-state index in [-0.39, 0.29) is 11.1 Å². The fraction of sp³-hybridized carbons (Fsp3) is 0.174. The topological polar surface area (TPSA) is 106 Å². The van der Waals surface area contributed by atoms with Gasteiger partial charge in [-0.3, -0.25) is 9.59 Å². The van der Waals surface area contributed by atoms with Crippen LogP contribution >= 0.6 is 0 Å². The quantitative estimate of drug-likeness (QED) is 0.644. The third kappa shape index (κ3) is 3.57. The number of hydrogen-bond acceptors (Lipinski definition) is 5. The normalized spacial score (nSPS) is 14.4. The number of anilines is 1. The first-order valence-corrected chi connectivity index (χ1v) is 9.46. The van der Waals surface area contributed by atoms with Crippen LogP contribution in [0.25, 0.3) is 22.6 Å². The zero-order valence-electron chi connectivity index (χ0n) is 16.2. The maximum atomic E-state index is 13.1. The van der Waals surface area contributed by atoms with Crippen LogP contribution in [0, 0.1) is 0 Å². The summed E-state index contributed by atoms with van der Waals surface area (Å²) in [5.74, 6) is -1.47. The van der Waals surface area contributed by atoms with Crippen molar-refractivity contribution in [3.8, 4) is 5.75 Å². The highest BCUT2D eigenvalue weighted by molar-refractivity contribution is 6.36. The summed E-state index contributed by atoms with van der Waals surface area (Å²) in [6.45, 7) is 0. The molecule has 0 radical (unpaired) electrons. The van der Waals surface area contributed by atoms with Crippen LogP contribution < -0.4 is 15.5 Å². The number of benzene rings is 2. The van der Waals surface area contributed by atoms with E-state index in [1.807, 2.05) is 30.3 Å². The predicted octanol–water partition coefficient (Wildman–Crippen LogP) is 3.70. The summed E-state index contributed by atoms with van der Waals surface area (Å²) in [6.07, 6.45) is 4.14. The number of para-hydroxylation sites is 1. The molecule has 152 valence electrons. The third-order valence-electron chi connectivity index (χ3n) is 5.07. The minimum absolute atomic E-state index is 0.177. The molecule has 30 heavy (non-hydrogen) atoms. The number of rotatable bonds is 3. The zero-order chi connectivity index (χ0) is 21.3. The van der Waals surface area contributed by atoms with Gasteiger partial charge in [0.15, 0.2) is 5.43 Å². The molecule has 2 N–H and O–H groups in total. The fourth-order valence-electron chi connectivity index (χ4n) is 3.66. The lowest BCUT2D eigenvalue weighted by molar-refractivity contribution is -0.147. The number of fused-ring (bicyclic) bond motifs is 2. The molecule has 1 aromatic heterocycles. The molecular weight excluding hydrogens is 386 g/mol. The smallest absolute Gasteiger partial charge is 0.394 e. The first-order chi connectivity index (χ1) is 14.5. The molecule has 0 atom stereocenters. The molecule has 2 aromatic carbocycles. The minimum atomic E-state index is -1.60. The summed E-state index contributed by atoms with van der Waals surface area (Å²) in [4.78, 5) is 35.3. The van der Waals surface area contributed by atoms with Gasteiger partial charge in [0.05, 0.1) is 12.5 Å². The monoisotopic (exact) mass is 405 g/mol. The van der Waals surface area contributed by atoms with Crippen molar-refractivity contribution in [1.82, 2.24) is 0 Å². The second-order valence-corrected chi connectivity index (χ2v) is 6.97. The van der Waals surface area contributed by atoms with E-state index < -0.39 is 11.9 Å². The largest absolute Gasteiger partial charge is 0.496 e. The number of amides is 1. The standard InChI is InChI=1S/C23H19NO6/c1-29-18-8-3-2-5-13(18)11-14-6-4-7-16-20(25)17-12-15(24-22(26)23(27)28)9-10-19(17)30-21(14)16/h2-3,5,8-12H,4,6-7H2,1H3,(H,24,26)(H,27,28). The van der Waals surface area contributed by atoms with Crippen molar-refractivity contribution in [3.63, 3.8) is 0 Å². The minimum Gasteiger partial charge on any atom is -0.496 e. The molecule has 0 unspecified atom stereocenters. The van der Waals surface area contributed by atoms with E-state index in [1.54, 1.807) is 13.2 Å². The zero-order valence-corrected chi connectivity index (χ0v) is 16.2. The van der Waals surface area contributed by atoms with Crippen molar-refractivity contribution >= 4 is 40.2 Å². The lowest BCUT2D eigenvalue weighted by atomic mass is 9.90. The highest BCUT2D eigenvalue weighted by atomic mass is 16.5. The number of ether oxygens (including phenoxy) is 1. The Morgan fingerprint density at radius 1 is 1.17 bits per heavy atom. The van der Waals surface area contributed by atoms with E-state index in [0.717, 1.165) is 29.7 Å². The van der Waals surface area contributed by atoms with Crippen molar-refractivity contribution in [2.75, 3.05) is 12.4 Å². The van der Waals surface area contributed by atoms with Gasteiger partial charge in [-0.1, -0.05) is 18.2 Å². The Morgan fingerprint density at radius 3 is 2.73 bits per heavy atom. The lowest BCUT2D eigenvalue weighted by Crippen LogP contribution is -2.22. The second-order valence-electron chi connectivity index (χ2n) is 6.97. The molecule has 1 heterocycles. The molecule has 4 rings (SSSR count). The van der Waals surface area contributed by atoms with Crippen LogP contribution in [0.4, 0.5) is 5.69 Å². The van der Waals surface area contributed by atoms with Gasteiger partial charge in [-0.05, 0) is 55.2 Å². The lowest BCUT2D eigenvalue weighted by Gasteiger charge is -2.18. The van der Waals surface area contributed by atoms with Crippen LogP contribution in [-0.4, -0.2) is 24.1 Å². The Labute approximate surface area is 171 Å². The Hall–Kier alpha value is -3.87. The van der Waals surface area contributed by atoms with Crippen LogP contribution in [0.3, 0.4) is 0 Å². The average molecular weight is 405 g/mol. The Morgan fingerprint density at radius 2 is 1.97 bits per heavy atom. The third-order valence-corrected chi connectivity index (χ3v) is 5.07. The fourth-order valence-corrected chi connectivity index (χ4v) is 3.66. The molecule has 1 aliphatic carbocycles. The number of aliphatic carboxylic acids is 1. The maximum absolute atomic E-state index is 13.1. The highest BCUT2D eigenvalue weighted by Crippen LogP contribution is 2.34. The Balaban J connectivity index is 1.81. The van der Waals surface area contributed by atoms with Gasteiger partial charge in [-0.2, -0.15) is 0 Å². The van der Waals surface area contributed by atoms with Crippen molar-refractivity contribution in [2.45, 2.75) is 19.3 Å². The van der Waals surface area contributed by atoms with Crippen LogP contribution in [0.1, 0.15) is 29.7 Å². The molecule has 7 nitrogen and oxygen atoms in total. The van der Waals surface area contributed by atoms with E-state index in [2.05, 4.69) is 5.32 Å². The Kier molecular flexibility index (Phi) is 5.10. The van der Waals surface area contributed by atoms with Gasteiger partial charge in [-0.25, -0.2) is 4.79 Å². The number of carbonyl (C=O) groups is 2. The molecular formula is C23H19NO6. The summed E-state index contributed by atoms with van der Waals surface area (Å²) in [6, 6.07) is 12.1. The number of methoxy groups -OCH3 is 1. The molecule has 0 spiro atoms. The van der Waals surface area contributed by atoms with Gasteiger partial charge in [0.25, 0.3) is 0 Å². The van der Waals surface area contributed by atoms with Crippen LogP contribution in [0.15, 0.2) is 51.7 Å². The van der Waals surface area contributed by atoms with Gasteiger partial charge >= 0.3 is 11.9 Å². The van der Waals surface area contributed by atoms with Crippen molar-refractivity contribution < 1.29 is 23.8 Å². The molecule has 1 amide bonds. The molecule has 0 bridgehead atoms. The van der Waals surface area contributed by atoms with Gasteiger partial charge in [-0.15, -0.1) is 0 Å². The van der Waals surface area contributed by atoms with Crippen LogP contribution in [-0.2, 0) is 16.0 Å². The Bertz CT molecular complexity index is 1250. The molecule has 0 aliphatic heterocycles. The second kappa shape index (κ2) is 7.87. The number of hydrogen-bond donors (Lipinski definition) is 2. The molecule has 3 aromatic rings. The van der Waals surface area contributed by atoms with E-state index in [1.165, 1.54) is 12.1 Å². The molecule has 0 saturated carbocycles. The molecule has 7 heteroatoms. The van der Waals surface area contributed by atoms with Gasteiger partial charge in [0.2, 0.25) is 0 Å². The SMILES string of the molecule is COc1ccccc1C=C1CCCc2c1oc1ccc(NC(=O)C(=O)O)cc1c2=O. The number of carbonyl (C=O) groups excluding carboxylic acids is 1. The first-order valence-electron chi connectivity index (χ1n) is 9.46.